The number of carbonyl (C=O) groups is 1. The maximum Gasteiger partial charge on any atom is 0.417 e. The lowest BCUT2D eigenvalue weighted by atomic mass is 9.98. The summed E-state index contributed by atoms with van der Waals surface area (Å²) >= 11 is 0. The van der Waals surface area contributed by atoms with Crippen LogP contribution in [0.2, 0.25) is 0 Å². The smallest absolute Gasteiger partial charge is 0.417 e. The molecule has 0 aliphatic carbocycles. The molecular formula is C20H21F3N2O2. The molecule has 144 valence electrons. The number of halogens is 3. The molecule has 0 aliphatic rings. The lowest BCUT2D eigenvalue weighted by molar-refractivity contribution is -0.137. The lowest BCUT2D eigenvalue weighted by Crippen LogP contribution is -2.24. The first-order valence-electron chi connectivity index (χ1n) is 8.40. The predicted molar refractivity (Wildman–Crippen MR) is 97.9 cm³/mol. The van der Waals surface area contributed by atoms with Crippen LogP contribution in [0.3, 0.4) is 0 Å². The lowest BCUT2D eigenvalue weighted by Gasteiger charge is -2.12. The highest BCUT2D eigenvalue weighted by Gasteiger charge is 2.32. The van der Waals surface area contributed by atoms with E-state index < -0.39 is 17.6 Å². The fourth-order valence-corrected chi connectivity index (χ4v) is 2.61. The van der Waals surface area contributed by atoms with Gasteiger partial charge in [-0.15, -0.1) is 0 Å². The van der Waals surface area contributed by atoms with E-state index in [2.05, 4.69) is 24.4 Å². The second kappa shape index (κ2) is 8.70. The van der Waals surface area contributed by atoms with Gasteiger partial charge >= 0.3 is 6.18 Å². The first kappa shape index (κ1) is 20.5. The molecule has 1 N–H and O–H groups in total. The van der Waals surface area contributed by atoms with E-state index in [-0.39, 0.29) is 12.2 Å². The third-order valence-corrected chi connectivity index (χ3v) is 3.89. The summed E-state index contributed by atoms with van der Waals surface area (Å²) < 4.78 is 44.1. The van der Waals surface area contributed by atoms with Crippen molar-refractivity contribution >= 4 is 12.1 Å². The van der Waals surface area contributed by atoms with Crippen LogP contribution in [0.1, 0.15) is 42.0 Å². The quantitative estimate of drug-likeness (QED) is 0.587. The van der Waals surface area contributed by atoms with Gasteiger partial charge in [-0.1, -0.05) is 38.1 Å². The number of amides is 1. The largest absolute Gasteiger partial charge is 0.484 e. The Morgan fingerprint density at radius 3 is 2.56 bits per heavy atom. The molecule has 1 amide bonds. The molecule has 0 atom stereocenters. The van der Waals surface area contributed by atoms with Crippen molar-refractivity contribution in [3.05, 3.63) is 64.7 Å². The number of benzene rings is 2. The number of aryl methyl sites for hydroxylation is 1. The number of hydrazone groups is 1. The summed E-state index contributed by atoms with van der Waals surface area (Å²) in [5.74, 6) is 0.357. The van der Waals surface area contributed by atoms with E-state index in [1.807, 2.05) is 19.1 Å². The number of hydrogen-bond donors (Lipinski definition) is 1. The minimum atomic E-state index is -4.49. The highest BCUT2D eigenvalue weighted by molar-refractivity contribution is 5.84. The van der Waals surface area contributed by atoms with Crippen LogP contribution in [0.4, 0.5) is 13.2 Å². The number of alkyl halides is 3. The summed E-state index contributed by atoms with van der Waals surface area (Å²) in [5.41, 5.74) is 3.46. The standard InChI is InChI=1S/C20H21F3N2O2/c1-13(2)17-9-8-16(10-14(17)3)27-12-19(26)25-24-11-15-6-4-5-7-18(15)20(21,22)23/h4-11,13H,12H2,1-3H3,(H,25,26)/b24-11+. The van der Waals surface area contributed by atoms with Gasteiger partial charge in [0.25, 0.3) is 5.91 Å². The molecule has 27 heavy (non-hydrogen) atoms. The molecule has 0 heterocycles. The Kier molecular flexibility index (Phi) is 6.60. The molecule has 7 heteroatoms. The first-order chi connectivity index (χ1) is 12.7. The van der Waals surface area contributed by atoms with Gasteiger partial charge in [0, 0.05) is 5.56 Å². The van der Waals surface area contributed by atoms with Gasteiger partial charge in [-0.3, -0.25) is 4.79 Å². The van der Waals surface area contributed by atoms with Crippen LogP contribution in [-0.4, -0.2) is 18.7 Å². The van der Waals surface area contributed by atoms with Crippen LogP contribution < -0.4 is 10.2 Å². The maximum atomic E-state index is 12.9. The SMILES string of the molecule is Cc1cc(OCC(=O)N/N=C/c2ccccc2C(F)(F)F)ccc1C(C)C. The van der Waals surface area contributed by atoms with Crippen LogP contribution in [0.15, 0.2) is 47.6 Å². The normalized spacial score (nSPS) is 11.8. The van der Waals surface area contributed by atoms with Crippen molar-refractivity contribution in [2.24, 2.45) is 5.10 Å². The van der Waals surface area contributed by atoms with Crippen LogP contribution in [0, 0.1) is 6.92 Å². The summed E-state index contributed by atoms with van der Waals surface area (Å²) in [6.45, 7) is 5.85. The Bertz CT molecular complexity index is 830. The number of nitrogens with zero attached hydrogens (tertiary/aromatic N) is 1. The van der Waals surface area contributed by atoms with Crippen LogP contribution in [0.25, 0.3) is 0 Å². The highest BCUT2D eigenvalue weighted by atomic mass is 19.4. The van der Waals surface area contributed by atoms with Gasteiger partial charge in [-0.25, -0.2) is 5.43 Å². The van der Waals surface area contributed by atoms with E-state index in [4.69, 9.17) is 4.74 Å². The summed E-state index contributed by atoms with van der Waals surface area (Å²) in [7, 11) is 0. The zero-order chi connectivity index (χ0) is 20.0. The number of nitrogens with one attached hydrogen (secondary N) is 1. The summed E-state index contributed by atoms with van der Waals surface area (Å²) in [5, 5.41) is 3.58. The average Bonchev–Trinajstić information content (AvgIpc) is 2.59. The molecule has 0 bridgehead atoms. The van der Waals surface area contributed by atoms with Crippen molar-refractivity contribution in [3.8, 4) is 5.75 Å². The molecule has 0 saturated heterocycles. The second-order valence-electron chi connectivity index (χ2n) is 6.34. The number of rotatable bonds is 6. The van der Waals surface area contributed by atoms with Crippen molar-refractivity contribution in [1.29, 1.82) is 0 Å². The van der Waals surface area contributed by atoms with Crippen LogP contribution in [0.5, 0.6) is 5.75 Å². The van der Waals surface area contributed by atoms with Crippen molar-refractivity contribution in [2.45, 2.75) is 32.9 Å². The molecular weight excluding hydrogens is 357 g/mol. The third-order valence-electron chi connectivity index (χ3n) is 3.89. The zero-order valence-corrected chi connectivity index (χ0v) is 15.3. The van der Waals surface area contributed by atoms with Crippen LogP contribution >= 0.6 is 0 Å². The van der Waals surface area contributed by atoms with Gasteiger partial charge in [0.05, 0.1) is 11.8 Å². The fraction of sp³-hybridized carbons (Fsp3) is 0.300. The Hall–Kier alpha value is -2.83. The highest BCUT2D eigenvalue weighted by Crippen LogP contribution is 2.31. The molecule has 0 fully saturated rings. The van der Waals surface area contributed by atoms with E-state index in [1.54, 1.807) is 6.07 Å². The van der Waals surface area contributed by atoms with E-state index in [0.29, 0.717) is 11.7 Å². The predicted octanol–water partition coefficient (Wildman–Crippen LogP) is 4.67. The Morgan fingerprint density at radius 1 is 1.22 bits per heavy atom. The Balaban J connectivity index is 1.92. The van der Waals surface area contributed by atoms with Gasteiger partial charge < -0.3 is 4.74 Å². The molecule has 2 rings (SSSR count). The summed E-state index contributed by atoms with van der Waals surface area (Å²) in [6, 6.07) is 10.5. The maximum absolute atomic E-state index is 12.9. The number of carbonyl (C=O) groups excluding carboxylic acids is 1. The van der Waals surface area contributed by atoms with Gasteiger partial charge in [-0.2, -0.15) is 18.3 Å². The first-order valence-corrected chi connectivity index (χ1v) is 8.40. The van der Waals surface area contributed by atoms with Gasteiger partial charge in [0.15, 0.2) is 6.61 Å². The van der Waals surface area contributed by atoms with Gasteiger partial charge in [0.1, 0.15) is 5.75 Å². The van der Waals surface area contributed by atoms with E-state index in [1.165, 1.54) is 23.8 Å². The molecule has 0 saturated carbocycles. The molecule has 0 aromatic heterocycles. The number of hydrogen-bond acceptors (Lipinski definition) is 3. The van der Waals surface area contributed by atoms with Gasteiger partial charge in [0.2, 0.25) is 0 Å². The second-order valence-corrected chi connectivity index (χ2v) is 6.34. The third kappa shape index (κ3) is 5.84. The monoisotopic (exact) mass is 378 g/mol. The van der Waals surface area contributed by atoms with Crippen LogP contribution in [-0.2, 0) is 11.0 Å². The minimum absolute atomic E-state index is 0.133. The molecule has 2 aromatic carbocycles. The van der Waals surface area contributed by atoms with E-state index >= 15 is 0 Å². The zero-order valence-electron chi connectivity index (χ0n) is 15.3. The Labute approximate surface area is 156 Å². The van der Waals surface area contributed by atoms with Gasteiger partial charge in [-0.05, 0) is 42.2 Å². The van der Waals surface area contributed by atoms with Crippen molar-refractivity contribution < 1.29 is 22.7 Å². The van der Waals surface area contributed by atoms with E-state index in [9.17, 15) is 18.0 Å². The number of ether oxygens (including phenoxy) is 1. The summed E-state index contributed by atoms with van der Waals surface area (Å²) in [6.07, 6.45) is -3.53. The topological polar surface area (TPSA) is 50.7 Å². The molecule has 0 radical (unpaired) electrons. The molecule has 0 unspecified atom stereocenters. The molecule has 0 spiro atoms. The minimum Gasteiger partial charge on any atom is -0.484 e. The molecule has 0 aliphatic heterocycles. The molecule has 2 aromatic rings. The summed E-state index contributed by atoms with van der Waals surface area (Å²) in [4.78, 5) is 11.8. The average molecular weight is 378 g/mol. The van der Waals surface area contributed by atoms with E-state index in [0.717, 1.165) is 17.8 Å². The Morgan fingerprint density at radius 2 is 1.93 bits per heavy atom. The fourth-order valence-electron chi connectivity index (χ4n) is 2.61. The van der Waals surface area contributed by atoms with Crippen molar-refractivity contribution in [1.82, 2.24) is 5.43 Å². The van der Waals surface area contributed by atoms with Crippen molar-refractivity contribution in [3.63, 3.8) is 0 Å². The van der Waals surface area contributed by atoms with Crippen molar-refractivity contribution in [2.75, 3.05) is 6.61 Å². The molecule has 4 nitrogen and oxygen atoms in total.